The number of nitrogens with two attached hydrogens (primary N) is 1. The Morgan fingerprint density at radius 3 is 2.41 bits per heavy atom. The van der Waals surface area contributed by atoms with Crippen molar-refractivity contribution in [2.45, 2.75) is 39.7 Å². The number of nitrogen functional groups attached to an aromatic ring is 1. The van der Waals surface area contributed by atoms with E-state index in [1.807, 2.05) is 19.9 Å². The number of ketones is 1. The van der Waals surface area contributed by atoms with Crippen LogP contribution in [0, 0.1) is 5.41 Å². The van der Waals surface area contributed by atoms with Crippen LogP contribution in [0.3, 0.4) is 0 Å². The first-order chi connectivity index (χ1) is 19.6. The van der Waals surface area contributed by atoms with E-state index in [0.717, 1.165) is 0 Å². The summed E-state index contributed by atoms with van der Waals surface area (Å²) in [5, 5.41) is 14.6. The minimum absolute atomic E-state index is 0.0695. The summed E-state index contributed by atoms with van der Waals surface area (Å²) in [5.74, 6) is 0.176. The molecule has 0 bridgehead atoms. The number of amides is 2. The second-order valence-electron chi connectivity index (χ2n) is 10.2. The van der Waals surface area contributed by atoms with Crippen LogP contribution in [0.1, 0.15) is 55.6 Å². The Balaban J connectivity index is 1.73. The van der Waals surface area contributed by atoms with E-state index in [2.05, 4.69) is 10.6 Å². The van der Waals surface area contributed by atoms with E-state index in [4.69, 9.17) is 20.3 Å². The summed E-state index contributed by atoms with van der Waals surface area (Å²) in [7, 11) is 0. The number of hydrogen-bond acceptors (Lipinski definition) is 7. The molecule has 0 saturated carbocycles. The first-order valence-electron chi connectivity index (χ1n) is 13.3. The summed E-state index contributed by atoms with van der Waals surface area (Å²) < 4.78 is 11.5. The van der Waals surface area contributed by atoms with E-state index in [0.29, 0.717) is 46.8 Å². The van der Waals surface area contributed by atoms with Crippen molar-refractivity contribution in [2.24, 2.45) is 5.41 Å². The molecule has 2 amide bonds. The van der Waals surface area contributed by atoms with Crippen LogP contribution >= 0.6 is 0 Å². The highest BCUT2D eigenvalue weighted by Crippen LogP contribution is 2.41. The van der Waals surface area contributed by atoms with E-state index < -0.39 is 17.6 Å². The highest BCUT2D eigenvalue weighted by atomic mass is 16.6. The van der Waals surface area contributed by atoms with Crippen LogP contribution < -0.4 is 21.1 Å². The van der Waals surface area contributed by atoms with Crippen molar-refractivity contribution in [3.05, 3.63) is 96.1 Å². The maximum atomic E-state index is 13.0. The van der Waals surface area contributed by atoms with Gasteiger partial charge in [-0.1, -0.05) is 44.2 Å². The van der Waals surface area contributed by atoms with Crippen LogP contribution in [0.15, 0.2) is 84.9 Å². The Hall–Kier alpha value is -4.63. The second kappa shape index (κ2) is 14.7. The molecule has 0 aliphatic carbocycles. The average Bonchev–Trinajstić information content (AvgIpc) is 2.94. The van der Waals surface area contributed by atoms with Crippen molar-refractivity contribution in [2.75, 3.05) is 29.6 Å². The Bertz CT molecular complexity index is 1370. The van der Waals surface area contributed by atoms with Crippen molar-refractivity contribution >= 4 is 34.8 Å². The molecule has 3 rings (SSSR count). The third kappa shape index (κ3) is 9.51. The van der Waals surface area contributed by atoms with Crippen LogP contribution in [0.25, 0.3) is 0 Å². The minimum Gasteiger partial charge on any atom is -0.491 e. The lowest BCUT2D eigenvalue weighted by Crippen LogP contribution is -2.29. The van der Waals surface area contributed by atoms with E-state index in [-0.39, 0.29) is 24.9 Å². The number of Topliss-reactive ketones (excluding diaryl/α,β-unsaturated/α-hetero) is 1. The lowest BCUT2D eigenvalue weighted by Gasteiger charge is -2.34. The SMILES string of the molecule is CC(=O)c1ccc(NC(=O)O[C@H](c2cccc(OCCO)c2)C(C)(C)CC/C=C/C(=O)Nc2ccccc2N)cc1. The number of carbonyl (C=O) groups excluding carboxylic acids is 3. The molecule has 216 valence electrons. The molecule has 0 unspecified atom stereocenters. The lowest BCUT2D eigenvalue weighted by molar-refractivity contribution is -0.111. The topological polar surface area (TPSA) is 140 Å². The zero-order valence-corrected chi connectivity index (χ0v) is 23.6. The molecule has 3 aromatic rings. The van der Waals surface area contributed by atoms with Gasteiger partial charge in [-0.25, -0.2) is 4.79 Å². The van der Waals surface area contributed by atoms with Crippen LogP contribution in [-0.4, -0.2) is 36.1 Å². The fraction of sp³-hybridized carbons (Fsp3) is 0.281. The molecule has 1 atom stereocenters. The first kappa shape index (κ1) is 30.9. The molecule has 0 aromatic heterocycles. The number of nitrogens with one attached hydrogen (secondary N) is 2. The Kier molecular flexibility index (Phi) is 11.1. The molecule has 5 N–H and O–H groups in total. The fourth-order valence-corrected chi connectivity index (χ4v) is 4.21. The van der Waals surface area contributed by atoms with Crippen molar-refractivity contribution in [1.29, 1.82) is 0 Å². The fourth-order valence-electron chi connectivity index (χ4n) is 4.21. The van der Waals surface area contributed by atoms with Gasteiger partial charge in [0.25, 0.3) is 0 Å². The number of rotatable bonds is 13. The molecule has 9 heteroatoms. The maximum Gasteiger partial charge on any atom is 0.412 e. The van der Waals surface area contributed by atoms with Crippen LogP contribution in [0.5, 0.6) is 5.75 Å². The monoisotopic (exact) mass is 559 g/mol. The van der Waals surface area contributed by atoms with Gasteiger partial charge in [-0.05, 0) is 79.9 Å². The van der Waals surface area contributed by atoms with E-state index in [1.54, 1.807) is 72.8 Å². The molecule has 3 aromatic carbocycles. The van der Waals surface area contributed by atoms with Crippen molar-refractivity contribution in [3.8, 4) is 5.75 Å². The third-order valence-electron chi connectivity index (χ3n) is 6.44. The van der Waals surface area contributed by atoms with E-state index in [1.165, 1.54) is 13.0 Å². The van der Waals surface area contributed by atoms with Gasteiger partial charge in [0.15, 0.2) is 5.78 Å². The predicted octanol–water partition coefficient (Wildman–Crippen LogP) is 6.13. The zero-order valence-electron chi connectivity index (χ0n) is 23.6. The number of hydrogen-bond donors (Lipinski definition) is 4. The normalized spacial score (nSPS) is 12.0. The molecule has 0 aliphatic rings. The lowest BCUT2D eigenvalue weighted by atomic mass is 9.78. The number of carbonyl (C=O) groups is 3. The Morgan fingerprint density at radius 2 is 1.73 bits per heavy atom. The summed E-state index contributed by atoms with van der Waals surface area (Å²) in [5.41, 5.74) is 8.10. The molecule has 0 heterocycles. The third-order valence-corrected chi connectivity index (χ3v) is 6.44. The van der Waals surface area contributed by atoms with E-state index >= 15 is 0 Å². The molecule has 0 radical (unpaired) electrons. The highest BCUT2D eigenvalue weighted by Gasteiger charge is 2.34. The quantitative estimate of drug-likeness (QED) is 0.112. The number of anilines is 3. The van der Waals surface area contributed by atoms with Crippen molar-refractivity contribution < 1.29 is 29.0 Å². The van der Waals surface area contributed by atoms with Gasteiger partial charge in [-0.2, -0.15) is 0 Å². The van der Waals surface area contributed by atoms with Crippen molar-refractivity contribution in [1.82, 2.24) is 0 Å². The van der Waals surface area contributed by atoms with Crippen LogP contribution in [0.2, 0.25) is 0 Å². The molecule has 41 heavy (non-hydrogen) atoms. The summed E-state index contributed by atoms with van der Waals surface area (Å²) >= 11 is 0. The number of allylic oxidation sites excluding steroid dienone is 1. The number of para-hydroxylation sites is 2. The predicted molar refractivity (Wildman–Crippen MR) is 160 cm³/mol. The number of benzene rings is 3. The molecule has 0 saturated heterocycles. The van der Waals surface area contributed by atoms with Gasteiger partial charge in [0.05, 0.1) is 18.0 Å². The summed E-state index contributed by atoms with van der Waals surface area (Å²) in [6.07, 6.45) is 3.01. The van der Waals surface area contributed by atoms with Gasteiger partial charge in [0.1, 0.15) is 18.5 Å². The molecular formula is C32H37N3O6. The summed E-state index contributed by atoms with van der Waals surface area (Å²) in [4.78, 5) is 36.9. The van der Waals surface area contributed by atoms with Crippen LogP contribution in [-0.2, 0) is 9.53 Å². The average molecular weight is 560 g/mol. The molecule has 0 fully saturated rings. The maximum absolute atomic E-state index is 13.0. The highest BCUT2D eigenvalue weighted by molar-refractivity contribution is 6.01. The smallest absolute Gasteiger partial charge is 0.412 e. The van der Waals surface area contributed by atoms with Gasteiger partial charge in [0.2, 0.25) is 5.91 Å². The van der Waals surface area contributed by atoms with Gasteiger partial charge in [0, 0.05) is 16.7 Å². The molecular weight excluding hydrogens is 522 g/mol. The number of ether oxygens (including phenoxy) is 2. The first-order valence-corrected chi connectivity index (χ1v) is 13.3. The van der Waals surface area contributed by atoms with Gasteiger partial charge >= 0.3 is 6.09 Å². The Labute approximate surface area is 240 Å². The van der Waals surface area contributed by atoms with Gasteiger partial charge in [-0.3, -0.25) is 14.9 Å². The van der Waals surface area contributed by atoms with Gasteiger partial charge < -0.3 is 25.6 Å². The largest absolute Gasteiger partial charge is 0.491 e. The van der Waals surface area contributed by atoms with E-state index in [9.17, 15) is 14.4 Å². The number of aliphatic hydroxyl groups excluding tert-OH is 1. The zero-order chi connectivity index (χ0) is 29.8. The standard InChI is InChI=1S/C32H37N3O6/c1-22(37)23-14-16-25(17-15-23)34-31(39)41-30(24-9-8-10-26(21-24)40-20-19-36)32(2,3)18-7-6-13-29(38)35-28-12-5-4-11-27(28)33/h4-6,8-17,21,30,36H,7,18-20,33H2,1-3H3,(H,34,39)(H,35,38)/b13-6+/t30-/m1/s1. The number of aliphatic hydroxyl groups is 1. The Morgan fingerprint density at radius 1 is 1.00 bits per heavy atom. The molecule has 9 nitrogen and oxygen atoms in total. The second-order valence-corrected chi connectivity index (χ2v) is 10.2. The van der Waals surface area contributed by atoms with Crippen molar-refractivity contribution in [3.63, 3.8) is 0 Å². The molecule has 0 aliphatic heterocycles. The van der Waals surface area contributed by atoms with Gasteiger partial charge in [-0.15, -0.1) is 0 Å². The molecule has 0 spiro atoms. The minimum atomic E-state index is -0.678. The summed E-state index contributed by atoms with van der Waals surface area (Å²) in [6.45, 7) is 5.44. The summed E-state index contributed by atoms with van der Waals surface area (Å²) in [6, 6.07) is 20.8. The van der Waals surface area contributed by atoms with Crippen LogP contribution in [0.4, 0.5) is 21.9 Å².